The van der Waals surface area contributed by atoms with Crippen molar-refractivity contribution >= 4 is 5.97 Å². The Kier molecular flexibility index (Phi) is 4.31. The lowest BCUT2D eigenvalue weighted by Crippen LogP contribution is -2.17. The van der Waals surface area contributed by atoms with Crippen molar-refractivity contribution in [3.8, 4) is 0 Å². The Labute approximate surface area is 90.4 Å². The zero-order valence-electron chi connectivity index (χ0n) is 9.41. The summed E-state index contributed by atoms with van der Waals surface area (Å²) in [6, 6.07) is 7.77. The standard InChI is InChI=1S/C12H17NO2/c1-4-13-9(2)10-5-7-11(8-6-10)12(14)15-3/h5-9,13H,4H2,1-3H3. The van der Waals surface area contributed by atoms with Gasteiger partial charge in [-0.2, -0.15) is 0 Å². The van der Waals surface area contributed by atoms with E-state index in [0.717, 1.165) is 6.54 Å². The summed E-state index contributed by atoms with van der Waals surface area (Å²) < 4.78 is 4.63. The molecule has 0 aliphatic heterocycles. The van der Waals surface area contributed by atoms with E-state index in [0.29, 0.717) is 11.6 Å². The summed E-state index contributed by atoms with van der Waals surface area (Å²) in [5, 5.41) is 3.31. The van der Waals surface area contributed by atoms with Crippen LogP contribution in [0.4, 0.5) is 0 Å². The number of nitrogens with one attached hydrogen (secondary N) is 1. The maximum absolute atomic E-state index is 11.2. The summed E-state index contributed by atoms with van der Waals surface area (Å²) in [6.07, 6.45) is 0. The van der Waals surface area contributed by atoms with Gasteiger partial charge < -0.3 is 10.1 Å². The maximum Gasteiger partial charge on any atom is 0.337 e. The molecule has 0 fully saturated rings. The minimum atomic E-state index is -0.294. The second-order valence-electron chi connectivity index (χ2n) is 3.39. The molecule has 1 atom stereocenters. The first-order valence-electron chi connectivity index (χ1n) is 5.10. The van der Waals surface area contributed by atoms with Gasteiger partial charge in [-0.3, -0.25) is 0 Å². The highest BCUT2D eigenvalue weighted by atomic mass is 16.5. The molecule has 1 aromatic carbocycles. The van der Waals surface area contributed by atoms with Crippen LogP contribution in [0.2, 0.25) is 0 Å². The molecular formula is C12H17NO2. The van der Waals surface area contributed by atoms with Crippen molar-refractivity contribution in [1.29, 1.82) is 0 Å². The van der Waals surface area contributed by atoms with Crippen LogP contribution < -0.4 is 5.32 Å². The smallest absolute Gasteiger partial charge is 0.337 e. The van der Waals surface area contributed by atoms with Gasteiger partial charge in [0.1, 0.15) is 0 Å². The number of ether oxygens (including phenoxy) is 1. The van der Waals surface area contributed by atoms with Crippen molar-refractivity contribution in [2.45, 2.75) is 19.9 Å². The number of hydrogen-bond acceptors (Lipinski definition) is 3. The van der Waals surface area contributed by atoms with Crippen LogP contribution in [0, 0.1) is 0 Å². The number of benzene rings is 1. The van der Waals surface area contributed by atoms with E-state index in [9.17, 15) is 4.79 Å². The molecule has 82 valence electrons. The van der Waals surface area contributed by atoms with Gasteiger partial charge in [0, 0.05) is 6.04 Å². The van der Waals surface area contributed by atoms with Gasteiger partial charge in [-0.25, -0.2) is 4.79 Å². The van der Waals surface area contributed by atoms with Gasteiger partial charge in [-0.1, -0.05) is 19.1 Å². The van der Waals surface area contributed by atoms with Crippen molar-refractivity contribution in [3.63, 3.8) is 0 Å². The molecule has 15 heavy (non-hydrogen) atoms. The molecule has 0 spiro atoms. The van der Waals surface area contributed by atoms with E-state index in [-0.39, 0.29) is 5.97 Å². The number of esters is 1. The molecule has 0 aliphatic carbocycles. The van der Waals surface area contributed by atoms with E-state index >= 15 is 0 Å². The van der Waals surface area contributed by atoms with E-state index in [1.807, 2.05) is 12.1 Å². The molecule has 0 radical (unpaired) electrons. The minimum absolute atomic E-state index is 0.294. The van der Waals surface area contributed by atoms with Gasteiger partial charge in [-0.05, 0) is 31.2 Å². The Bertz CT molecular complexity index is 319. The second kappa shape index (κ2) is 5.51. The largest absolute Gasteiger partial charge is 0.465 e. The van der Waals surface area contributed by atoms with Crippen LogP contribution in [0.15, 0.2) is 24.3 Å². The number of hydrogen-bond donors (Lipinski definition) is 1. The van der Waals surface area contributed by atoms with E-state index in [2.05, 4.69) is 23.9 Å². The number of carbonyl (C=O) groups excluding carboxylic acids is 1. The zero-order valence-corrected chi connectivity index (χ0v) is 9.41. The predicted molar refractivity (Wildman–Crippen MR) is 59.9 cm³/mol. The molecule has 1 aromatic rings. The zero-order chi connectivity index (χ0) is 11.3. The van der Waals surface area contributed by atoms with Gasteiger partial charge in [0.05, 0.1) is 12.7 Å². The minimum Gasteiger partial charge on any atom is -0.465 e. The molecule has 3 nitrogen and oxygen atoms in total. The fourth-order valence-corrected chi connectivity index (χ4v) is 1.45. The van der Waals surface area contributed by atoms with Crippen LogP contribution in [-0.4, -0.2) is 19.6 Å². The second-order valence-corrected chi connectivity index (χ2v) is 3.39. The quantitative estimate of drug-likeness (QED) is 0.769. The summed E-state index contributed by atoms with van der Waals surface area (Å²) >= 11 is 0. The van der Waals surface area contributed by atoms with Gasteiger partial charge in [0.25, 0.3) is 0 Å². The average molecular weight is 207 g/mol. The van der Waals surface area contributed by atoms with Crippen LogP contribution in [0.25, 0.3) is 0 Å². The van der Waals surface area contributed by atoms with Crippen LogP contribution in [0.5, 0.6) is 0 Å². The van der Waals surface area contributed by atoms with Gasteiger partial charge in [0.15, 0.2) is 0 Å². The summed E-state index contributed by atoms with van der Waals surface area (Å²) in [5.41, 5.74) is 1.76. The number of carbonyl (C=O) groups is 1. The van der Waals surface area contributed by atoms with E-state index in [1.165, 1.54) is 12.7 Å². The summed E-state index contributed by atoms with van der Waals surface area (Å²) in [4.78, 5) is 11.2. The maximum atomic E-state index is 11.2. The molecule has 0 saturated carbocycles. The summed E-state index contributed by atoms with van der Waals surface area (Å²) in [7, 11) is 1.39. The van der Waals surface area contributed by atoms with E-state index in [1.54, 1.807) is 12.1 Å². The Morgan fingerprint density at radius 3 is 2.47 bits per heavy atom. The molecule has 0 heterocycles. The Hall–Kier alpha value is -1.35. The SMILES string of the molecule is CCNC(C)c1ccc(C(=O)OC)cc1. The van der Waals surface area contributed by atoms with Crippen LogP contribution >= 0.6 is 0 Å². The highest BCUT2D eigenvalue weighted by Gasteiger charge is 2.07. The summed E-state index contributed by atoms with van der Waals surface area (Å²) in [5.74, 6) is -0.294. The van der Waals surface area contributed by atoms with Gasteiger partial charge in [0.2, 0.25) is 0 Å². The van der Waals surface area contributed by atoms with Crippen molar-refractivity contribution < 1.29 is 9.53 Å². The molecule has 0 bridgehead atoms. The topological polar surface area (TPSA) is 38.3 Å². The number of methoxy groups -OCH3 is 1. The Morgan fingerprint density at radius 1 is 1.40 bits per heavy atom. The highest BCUT2D eigenvalue weighted by Crippen LogP contribution is 2.13. The molecular weight excluding hydrogens is 190 g/mol. The first kappa shape index (κ1) is 11.7. The monoisotopic (exact) mass is 207 g/mol. The lowest BCUT2D eigenvalue weighted by Gasteiger charge is -2.12. The molecule has 3 heteroatoms. The fourth-order valence-electron chi connectivity index (χ4n) is 1.45. The van der Waals surface area contributed by atoms with Gasteiger partial charge >= 0.3 is 5.97 Å². The lowest BCUT2D eigenvalue weighted by atomic mass is 10.1. The van der Waals surface area contributed by atoms with Crippen LogP contribution in [0.1, 0.15) is 35.8 Å². The van der Waals surface area contributed by atoms with Crippen molar-refractivity contribution in [3.05, 3.63) is 35.4 Å². The molecule has 0 aliphatic rings. The molecule has 1 unspecified atom stereocenters. The molecule has 1 rings (SSSR count). The van der Waals surface area contributed by atoms with Crippen molar-refractivity contribution in [1.82, 2.24) is 5.32 Å². The van der Waals surface area contributed by atoms with E-state index < -0.39 is 0 Å². The van der Waals surface area contributed by atoms with Gasteiger partial charge in [-0.15, -0.1) is 0 Å². The predicted octanol–water partition coefficient (Wildman–Crippen LogP) is 2.14. The molecule has 0 saturated heterocycles. The number of rotatable bonds is 4. The first-order valence-corrected chi connectivity index (χ1v) is 5.10. The highest BCUT2D eigenvalue weighted by molar-refractivity contribution is 5.89. The normalized spacial score (nSPS) is 12.2. The third kappa shape index (κ3) is 3.06. The lowest BCUT2D eigenvalue weighted by molar-refractivity contribution is 0.0600. The molecule has 0 aromatic heterocycles. The third-order valence-electron chi connectivity index (χ3n) is 2.34. The van der Waals surface area contributed by atoms with E-state index in [4.69, 9.17) is 0 Å². The van der Waals surface area contributed by atoms with Crippen LogP contribution in [0.3, 0.4) is 0 Å². The first-order chi connectivity index (χ1) is 7.19. The molecule has 1 N–H and O–H groups in total. The third-order valence-corrected chi connectivity index (χ3v) is 2.34. The Morgan fingerprint density at radius 2 is 2.00 bits per heavy atom. The average Bonchev–Trinajstić information content (AvgIpc) is 2.28. The fraction of sp³-hybridized carbons (Fsp3) is 0.417. The van der Waals surface area contributed by atoms with Crippen LogP contribution in [-0.2, 0) is 4.74 Å². The van der Waals surface area contributed by atoms with Crippen molar-refractivity contribution in [2.24, 2.45) is 0 Å². The summed E-state index contributed by atoms with van der Waals surface area (Å²) in [6.45, 7) is 5.09. The van der Waals surface area contributed by atoms with Crippen molar-refractivity contribution in [2.75, 3.05) is 13.7 Å². The Balaban J connectivity index is 2.76. The molecule has 0 amide bonds.